The van der Waals surface area contributed by atoms with Gasteiger partial charge in [-0.05, 0) is 73.2 Å². The SMILES string of the molecule is CCCN(CCC)C(=O)c1cc(C)cc(C(=O)OC(CNCc2ccccc2)C(N)Cc2cccc(OC)c2)c1. The molecule has 0 saturated heterocycles. The van der Waals surface area contributed by atoms with Crippen molar-refractivity contribution in [2.24, 2.45) is 5.73 Å². The molecule has 1 amide bonds. The van der Waals surface area contributed by atoms with Crippen LogP contribution in [0.15, 0.2) is 72.8 Å². The van der Waals surface area contributed by atoms with E-state index in [0.717, 1.165) is 35.3 Å². The molecule has 0 aliphatic heterocycles. The van der Waals surface area contributed by atoms with Gasteiger partial charge < -0.3 is 25.4 Å². The summed E-state index contributed by atoms with van der Waals surface area (Å²) in [6, 6.07) is 22.5. The first-order valence-corrected chi connectivity index (χ1v) is 14.1. The monoisotopic (exact) mass is 545 g/mol. The van der Waals surface area contributed by atoms with Gasteiger partial charge in [0.15, 0.2) is 0 Å². The van der Waals surface area contributed by atoms with Crippen LogP contribution in [0.1, 0.15) is 64.1 Å². The van der Waals surface area contributed by atoms with E-state index in [4.69, 9.17) is 15.2 Å². The van der Waals surface area contributed by atoms with E-state index in [1.165, 1.54) is 0 Å². The Kier molecular flexibility index (Phi) is 12.2. The minimum absolute atomic E-state index is 0.0720. The van der Waals surface area contributed by atoms with Gasteiger partial charge in [0.2, 0.25) is 0 Å². The number of aryl methyl sites for hydroxylation is 1. The highest BCUT2D eigenvalue weighted by Gasteiger charge is 2.25. The average Bonchev–Trinajstić information content (AvgIpc) is 2.96. The van der Waals surface area contributed by atoms with Gasteiger partial charge in [0.05, 0.1) is 12.7 Å². The summed E-state index contributed by atoms with van der Waals surface area (Å²) in [4.78, 5) is 28.5. The number of nitrogens with zero attached hydrogens (tertiary/aromatic N) is 1. The van der Waals surface area contributed by atoms with Gasteiger partial charge in [0, 0.05) is 37.8 Å². The van der Waals surface area contributed by atoms with Crippen LogP contribution in [0.3, 0.4) is 0 Å². The Labute approximate surface area is 238 Å². The standard InChI is InChI=1S/C33H43N3O4/c1-5-15-36(16-6-2)32(37)27-17-24(3)18-28(21-27)33(38)40-31(23-35-22-25-11-8-7-9-12-25)30(34)20-26-13-10-14-29(19-26)39-4/h7-14,17-19,21,30-31,35H,5-6,15-16,20,22-23,34H2,1-4H3. The minimum atomic E-state index is -0.598. The van der Waals surface area contributed by atoms with Gasteiger partial charge in [-0.25, -0.2) is 4.79 Å². The van der Waals surface area contributed by atoms with Crippen molar-refractivity contribution in [2.75, 3.05) is 26.7 Å². The van der Waals surface area contributed by atoms with Crippen molar-refractivity contribution in [3.63, 3.8) is 0 Å². The fourth-order valence-corrected chi connectivity index (χ4v) is 4.71. The lowest BCUT2D eigenvalue weighted by atomic mass is 10.0. The van der Waals surface area contributed by atoms with E-state index >= 15 is 0 Å². The van der Waals surface area contributed by atoms with Crippen LogP contribution in [0.2, 0.25) is 0 Å². The number of carbonyl (C=O) groups excluding carboxylic acids is 2. The summed E-state index contributed by atoms with van der Waals surface area (Å²) in [5.74, 6) is 0.178. The van der Waals surface area contributed by atoms with Crippen LogP contribution in [0, 0.1) is 6.92 Å². The number of nitrogens with one attached hydrogen (secondary N) is 1. The van der Waals surface area contributed by atoms with Crippen molar-refractivity contribution >= 4 is 11.9 Å². The number of benzene rings is 3. The molecule has 0 fully saturated rings. The smallest absolute Gasteiger partial charge is 0.338 e. The zero-order valence-corrected chi connectivity index (χ0v) is 24.2. The first-order chi connectivity index (χ1) is 19.3. The molecule has 3 N–H and O–H groups in total. The number of methoxy groups -OCH3 is 1. The second-order valence-corrected chi connectivity index (χ2v) is 10.2. The lowest BCUT2D eigenvalue weighted by Crippen LogP contribution is -2.46. The van der Waals surface area contributed by atoms with Gasteiger partial charge >= 0.3 is 5.97 Å². The maximum absolute atomic E-state index is 13.4. The van der Waals surface area contributed by atoms with Crippen LogP contribution in [-0.4, -0.2) is 55.7 Å². The predicted molar refractivity (Wildman–Crippen MR) is 160 cm³/mol. The summed E-state index contributed by atoms with van der Waals surface area (Å²) in [5.41, 5.74) is 10.4. The normalized spacial score (nSPS) is 12.4. The van der Waals surface area contributed by atoms with Gasteiger partial charge in [-0.2, -0.15) is 0 Å². The predicted octanol–water partition coefficient (Wildman–Crippen LogP) is 5.15. The maximum atomic E-state index is 13.4. The molecule has 2 unspecified atom stereocenters. The molecular weight excluding hydrogens is 502 g/mol. The number of esters is 1. The molecule has 0 radical (unpaired) electrons. The average molecular weight is 546 g/mol. The molecule has 0 heterocycles. The van der Waals surface area contributed by atoms with Crippen LogP contribution in [-0.2, 0) is 17.7 Å². The molecule has 7 heteroatoms. The summed E-state index contributed by atoms with van der Waals surface area (Å²) in [5, 5.41) is 3.39. The fourth-order valence-electron chi connectivity index (χ4n) is 4.71. The Morgan fingerprint density at radius 1 is 0.900 bits per heavy atom. The van der Waals surface area contributed by atoms with Crippen molar-refractivity contribution in [3.8, 4) is 5.75 Å². The zero-order valence-electron chi connectivity index (χ0n) is 24.2. The van der Waals surface area contributed by atoms with Gasteiger partial charge in [0.25, 0.3) is 5.91 Å². The molecule has 3 aromatic carbocycles. The molecule has 3 aromatic rings. The third kappa shape index (κ3) is 9.21. The molecule has 3 rings (SSSR count). The summed E-state index contributed by atoms with van der Waals surface area (Å²) < 4.78 is 11.4. The van der Waals surface area contributed by atoms with Gasteiger partial charge in [-0.3, -0.25) is 4.79 Å². The number of hydrogen-bond donors (Lipinski definition) is 2. The quantitative estimate of drug-likeness (QED) is 0.257. The molecule has 214 valence electrons. The minimum Gasteiger partial charge on any atom is -0.497 e. The van der Waals surface area contributed by atoms with E-state index in [1.807, 2.05) is 72.5 Å². The second kappa shape index (κ2) is 15.8. The first-order valence-electron chi connectivity index (χ1n) is 14.1. The third-order valence-corrected chi connectivity index (χ3v) is 6.69. The molecular formula is C33H43N3O4. The summed E-state index contributed by atoms with van der Waals surface area (Å²) in [6.45, 7) is 8.33. The number of ether oxygens (including phenoxy) is 2. The molecule has 2 atom stereocenters. The van der Waals surface area contributed by atoms with E-state index in [1.54, 1.807) is 19.2 Å². The molecule has 0 saturated carbocycles. The Hall–Kier alpha value is -3.68. The number of rotatable bonds is 15. The molecule has 0 bridgehead atoms. The largest absolute Gasteiger partial charge is 0.497 e. The fraction of sp³-hybridized carbons (Fsp3) is 0.394. The molecule has 0 spiro atoms. The Bertz CT molecular complexity index is 1230. The van der Waals surface area contributed by atoms with Crippen molar-refractivity contribution < 1.29 is 19.1 Å². The van der Waals surface area contributed by atoms with E-state index in [-0.39, 0.29) is 5.91 Å². The lowest BCUT2D eigenvalue weighted by molar-refractivity contribution is 0.0238. The highest BCUT2D eigenvalue weighted by molar-refractivity contribution is 5.98. The topological polar surface area (TPSA) is 93.9 Å². The molecule has 0 aliphatic rings. The van der Waals surface area contributed by atoms with E-state index in [2.05, 4.69) is 19.2 Å². The van der Waals surface area contributed by atoms with Crippen molar-refractivity contribution in [1.82, 2.24) is 10.2 Å². The summed E-state index contributed by atoms with van der Waals surface area (Å²) >= 11 is 0. The summed E-state index contributed by atoms with van der Waals surface area (Å²) in [7, 11) is 1.63. The van der Waals surface area contributed by atoms with Gasteiger partial charge in [-0.15, -0.1) is 0 Å². The van der Waals surface area contributed by atoms with Crippen LogP contribution >= 0.6 is 0 Å². The zero-order chi connectivity index (χ0) is 28.9. The van der Waals surface area contributed by atoms with Crippen LogP contribution in [0.25, 0.3) is 0 Å². The van der Waals surface area contributed by atoms with Crippen molar-refractivity contribution in [1.29, 1.82) is 0 Å². The second-order valence-electron chi connectivity index (χ2n) is 10.2. The van der Waals surface area contributed by atoms with E-state index in [9.17, 15) is 9.59 Å². The van der Waals surface area contributed by atoms with Gasteiger partial charge in [-0.1, -0.05) is 56.3 Å². The number of hydrogen-bond acceptors (Lipinski definition) is 6. The van der Waals surface area contributed by atoms with E-state index < -0.39 is 18.1 Å². The first kappa shape index (κ1) is 30.9. The third-order valence-electron chi connectivity index (χ3n) is 6.69. The van der Waals surface area contributed by atoms with Gasteiger partial charge in [0.1, 0.15) is 11.9 Å². The summed E-state index contributed by atoms with van der Waals surface area (Å²) in [6.07, 6.45) is 1.64. The van der Waals surface area contributed by atoms with Crippen molar-refractivity contribution in [3.05, 3.63) is 101 Å². The lowest BCUT2D eigenvalue weighted by Gasteiger charge is -2.25. The Morgan fingerprint density at radius 3 is 2.25 bits per heavy atom. The highest BCUT2D eigenvalue weighted by Crippen LogP contribution is 2.18. The molecule has 0 aromatic heterocycles. The molecule has 7 nitrogen and oxygen atoms in total. The number of amides is 1. The van der Waals surface area contributed by atoms with E-state index in [0.29, 0.717) is 43.7 Å². The Morgan fingerprint density at radius 2 is 1.57 bits per heavy atom. The molecule has 40 heavy (non-hydrogen) atoms. The van der Waals surface area contributed by atoms with Crippen LogP contribution < -0.4 is 15.8 Å². The van der Waals surface area contributed by atoms with Crippen LogP contribution in [0.4, 0.5) is 0 Å². The van der Waals surface area contributed by atoms with Crippen LogP contribution in [0.5, 0.6) is 5.75 Å². The highest BCUT2D eigenvalue weighted by atomic mass is 16.5. The van der Waals surface area contributed by atoms with Crippen molar-refractivity contribution in [2.45, 2.75) is 58.7 Å². The molecule has 0 aliphatic carbocycles. The maximum Gasteiger partial charge on any atom is 0.338 e. The Balaban J connectivity index is 1.79. The number of carbonyl (C=O) groups is 2. The number of nitrogens with two attached hydrogens (primary N) is 1.